The lowest BCUT2D eigenvalue weighted by molar-refractivity contribution is -0.132. The van der Waals surface area contributed by atoms with Crippen LogP contribution in [0.2, 0.25) is 5.02 Å². The molecule has 12 heteroatoms. The van der Waals surface area contributed by atoms with E-state index in [-0.39, 0.29) is 45.9 Å². The van der Waals surface area contributed by atoms with Gasteiger partial charge in [-0.25, -0.2) is 17.6 Å². The van der Waals surface area contributed by atoms with E-state index in [1.807, 2.05) is 0 Å². The van der Waals surface area contributed by atoms with Crippen LogP contribution in [-0.2, 0) is 10.4 Å². The van der Waals surface area contributed by atoms with Gasteiger partial charge in [0.1, 0.15) is 17.3 Å². The van der Waals surface area contributed by atoms with E-state index in [4.69, 9.17) is 11.6 Å². The van der Waals surface area contributed by atoms with Gasteiger partial charge in [0, 0.05) is 36.1 Å². The van der Waals surface area contributed by atoms with Crippen molar-refractivity contribution in [1.82, 2.24) is 15.3 Å². The number of nitrogens with zero attached hydrogens (tertiary/aromatic N) is 3. The zero-order chi connectivity index (χ0) is 27.9. The molecule has 7 nitrogen and oxygen atoms in total. The average molecular weight is 563 g/mol. The number of anilines is 1. The molecule has 2 aromatic heterocycles. The lowest BCUT2D eigenvalue weighted by Gasteiger charge is -2.32. The van der Waals surface area contributed by atoms with Gasteiger partial charge in [0.25, 0.3) is 18.2 Å². The van der Waals surface area contributed by atoms with Crippen molar-refractivity contribution in [2.24, 2.45) is 5.92 Å². The fourth-order valence-corrected chi connectivity index (χ4v) is 5.54. The minimum Gasteiger partial charge on any atom is -0.372 e. The van der Waals surface area contributed by atoms with Crippen LogP contribution in [0.25, 0.3) is 0 Å². The van der Waals surface area contributed by atoms with Gasteiger partial charge < -0.3 is 15.3 Å². The number of benzene rings is 1. The number of carbonyl (C=O) groups is 2. The predicted octanol–water partition coefficient (Wildman–Crippen LogP) is 4.92. The number of halogens is 5. The van der Waals surface area contributed by atoms with E-state index in [2.05, 4.69) is 15.3 Å². The summed E-state index contributed by atoms with van der Waals surface area (Å²) in [6.07, 6.45) is 2.36. The van der Waals surface area contributed by atoms with Crippen molar-refractivity contribution in [3.05, 3.63) is 88.0 Å². The summed E-state index contributed by atoms with van der Waals surface area (Å²) in [5.41, 5.74) is -3.32. The topological polar surface area (TPSA) is 95.4 Å². The first-order valence-electron chi connectivity index (χ1n) is 12.3. The normalized spacial score (nSPS) is 22.7. The van der Waals surface area contributed by atoms with Crippen LogP contribution in [0, 0.1) is 17.6 Å². The molecule has 1 aliphatic carbocycles. The number of alkyl halides is 2. The molecule has 2 amide bonds. The summed E-state index contributed by atoms with van der Waals surface area (Å²) in [5, 5.41) is 14.3. The maximum absolute atomic E-state index is 14.6. The molecule has 2 aliphatic rings. The van der Waals surface area contributed by atoms with Crippen LogP contribution >= 0.6 is 11.6 Å². The van der Waals surface area contributed by atoms with Crippen molar-refractivity contribution in [2.75, 3.05) is 11.4 Å². The summed E-state index contributed by atoms with van der Waals surface area (Å²) < 4.78 is 55.4. The van der Waals surface area contributed by atoms with Crippen LogP contribution < -0.4 is 10.2 Å². The first-order valence-corrected chi connectivity index (χ1v) is 12.7. The van der Waals surface area contributed by atoms with Crippen molar-refractivity contribution in [2.45, 2.75) is 43.8 Å². The highest BCUT2D eigenvalue weighted by Crippen LogP contribution is 2.46. The van der Waals surface area contributed by atoms with Crippen molar-refractivity contribution in [3.8, 4) is 0 Å². The van der Waals surface area contributed by atoms with Crippen LogP contribution in [0.1, 0.15) is 59.3 Å². The average Bonchev–Trinajstić information content (AvgIpc) is 3.11. The second-order valence-electron chi connectivity index (χ2n) is 9.72. The quantitative estimate of drug-likeness (QED) is 0.416. The highest BCUT2D eigenvalue weighted by Gasteiger charge is 2.53. The fraction of sp³-hybridized carbons (Fsp3) is 0.333. The lowest BCUT2D eigenvalue weighted by atomic mass is 9.85. The molecule has 3 heterocycles. The summed E-state index contributed by atoms with van der Waals surface area (Å²) in [5.74, 6) is -3.06. The molecule has 1 aliphatic heterocycles. The van der Waals surface area contributed by atoms with Crippen LogP contribution in [0.5, 0.6) is 0 Å². The van der Waals surface area contributed by atoms with Gasteiger partial charge in [-0.3, -0.25) is 19.6 Å². The van der Waals surface area contributed by atoms with Gasteiger partial charge >= 0.3 is 0 Å². The van der Waals surface area contributed by atoms with Gasteiger partial charge in [0.15, 0.2) is 5.60 Å². The molecule has 3 aromatic rings. The van der Waals surface area contributed by atoms with Crippen LogP contribution in [0.3, 0.4) is 0 Å². The molecule has 39 heavy (non-hydrogen) atoms. The van der Waals surface area contributed by atoms with Crippen LogP contribution in [0.15, 0.2) is 48.9 Å². The fourth-order valence-electron chi connectivity index (χ4n) is 5.38. The number of aliphatic hydroxyl groups is 1. The van der Waals surface area contributed by atoms with Crippen molar-refractivity contribution < 1.29 is 32.3 Å². The number of hydrogen-bond donors (Lipinski definition) is 2. The van der Waals surface area contributed by atoms with Gasteiger partial charge in [-0.05, 0) is 55.9 Å². The van der Waals surface area contributed by atoms with Gasteiger partial charge in [-0.15, -0.1) is 0 Å². The number of amides is 2. The standard InChI is InChI=1S/C27H23ClF4N4O3/c28-15-9-18(23(24(31)32)34-11-15)25(37)35-17-4-1-14(2-5-17)13-36-22-10-16(29)3-6-20(22)27(39,26(36)38)19-7-8-33-12-21(19)30/h3,6-12,14,17,24,39H,1-2,4-5,13H2,(H,35,37). The highest BCUT2D eigenvalue weighted by molar-refractivity contribution is 6.30. The van der Waals surface area contributed by atoms with Gasteiger partial charge in [-0.1, -0.05) is 17.7 Å². The van der Waals surface area contributed by atoms with Crippen LogP contribution in [-0.4, -0.2) is 39.5 Å². The van der Waals surface area contributed by atoms with E-state index in [0.717, 1.165) is 30.6 Å². The third-order valence-electron chi connectivity index (χ3n) is 7.32. The highest BCUT2D eigenvalue weighted by atomic mass is 35.5. The van der Waals surface area contributed by atoms with E-state index >= 15 is 0 Å². The maximum atomic E-state index is 14.6. The SMILES string of the molecule is O=C(NC1CCC(CN2C(=O)C(O)(c3ccncc3F)c3ccc(F)cc32)CC1)c1cc(Cl)cnc1C(F)F. The molecule has 1 fully saturated rings. The zero-order valence-corrected chi connectivity index (χ0v) is 21.1. The molecule has 0 radical (unpaired) electrons. The van der Waals surface area contributed by atoms with E-state index in [1.165, 1.54) is 23.2 Å². The number of aromatic nitrogens is 2. The minimum atomic E-state index is -2.94. The Morgan fingerprint density at radius 2 is 1.87 bits per heavy atom. The summed E-state index contributed by atoms with van der Waals surface area (Å²) in [4.78, 5) is 34.8. The number of fused-ring (bicyclic) bond motifs is 1. The van der Waals surface area contributed by atoms with E-state index in [1.54, 1.807) is 0 Å². The van der Waals surface area contributed by atoms with Gasteiger partial charge in [-0.2, -0.15) is 0 Å². The molecule has 2 N–H and O–H groups in total. The molecule has 0 bridgehead atoms. The number of nitrogens with one attached hydrogen (secondary N) is 1. The molecule has 5 rings (SSSR count). The third kappa shape index (κ3) is 4.96. The Labute approximate surface area is 225 Å². The molecule has 0 saturated heterocycles. The molecule has 1 unspecified atom stereocenters. The lowest BCUT2D eigenvalue weighted by Crippen LogP contribution is -2.45. The Hall–Kier alpha value is -3.57. The summed E-state index contributed by atoms with van der Waals surface area (Å²) in [7, 11) is 0. The summed E-state index contributed by atoms with van der Waals surface area (Å²) in [6, 6.07) is 5.57. The molecular formula is C27H23ClF4N4O3. The van der Waals surface area contributed by atoms with Gasteiger partial charge in [0.2, 0.25) is 0 Å². The Bertz CT molecular complexity index is 1430. The summed E-state index contributed by atoms with van der Waals surface area (Å²) >= 11 is 5.85. The third-order valence-corrected chi connectivity index (χ3v) is 7.52. The Kier molecular flexibility index (Phi) is 7.30. The Balaban J connectivity index is 1.29. The molecule has 0 spiro atoms. The van der Waals surface area contributed by atoms with Crippen molar-refractivity contribution in [3.63, 3.8) is 0 Å². The van der Waals surface area contributed by atoms with E-state index in [9.17, 15) is 32.3 Å². The second kappa shape index (κ2) is 10.5. The smallest absolute Gasteiger partial charge is 0.281 e. The van der Waals surface area contributed by atoms with E-state index < -0.39 is 41.2 Å². The van der Waals surface area contributed by atoms with Crippen molar-refractivity contribution >= 4 is 29.1 Å². The first kappa shape index (κ1) is 27.0. The Morgan fingerprint density at radius 3 is 2.56 bits per heavy atom. The molecule has 204 valence electrons. The molecule has 1 saturated carbocycles. The number of rotatable bonds is 6. The number of hydrogen-bond acceptors (Lipinski definition) is 5. The number of pyridine rings is 2. The second-order valence-corrected chi connectivity index (χ2v) is 10.2. The Morgan fingerprint density at radius 1 is 1.13 bits per heavy atom. The van der Waals surface area contributed by atoms with Crippen LogP contribution in [0.4, 0.5) is 23.2 Å². The minimum absolute atomic E-state index is 0.0619. The first-order chi connectivity index (χ1) is 18.6. The van der Waals surface area contributed by atoms with Gasteiger partial charge in [0.05, 0.1) is 22.5 Å². The van der Waals surface area contributed by atoms with E-state index in [0.29, 0.717) is 25.7 Å². The molecule has 1 atom stereocenters. The number of carbonyl (C=O) groups excluding carboxylic acids is 2. The van der Waals surface area contributed by atoms with Crippen molar-refractivity contribution in [1.29, 1.82) is 0 Å². The summed E-state index contributed by atoms with van der Waals surface area (Å²) in [6.45, 7) is 0.138. The monoisotopic (exact) mass is 562 g/mol. The zero-order valence-electron chi connectivity index (χ0n) is 20.4. The molecule has 1 aromatic carbocycles. The predicted molar refractivity (Wildman–Crippen MR) is 133 cm³/mol. The molecular weight excluding hydrogens is 540 g/mol. The largest absolute Gasteiger partial charge is 0.372 e. The maximum Gasteiger partial charge on any atom is 0.281 e.